The summed E-state index contributed by atoms with van der Waals surface area (Å²) in [6.45, 7) is 6.16. The van der Waals surface area contributed by atoms with Crippen LogP contribution in [0.15, 0.2) is 29.4 Å². The van der Waals surface area contributed by atoms with E-state index in [1.54, 1.807) is 12.1 Å². The van der Waals surface area contributed by atoms with Gasteiger partial charge in [0, 0.05) is 5.75 Å². The van der Waals surface area contributed by atoms with Crippen molar-refractivity contribution in [1.82, 2.24) is 9.97 Å². The highest BCUT2D eigenvalue weighted by molar-refractivity contribution is 7.98. The largest absolute Gasteiger partial charge is 0.461 e. The van der Waals surface area contributed by atoms with Crippen LogP contribution in [0.5, 0.6) is 0 Å². The van der Waals surface area contributed by atoms with Gasteiger partial charge in [0.1, 0.15) is 20.7 Å². The Balaban J connectivity index is 1.83. The van der Waals surface area contributed by atoms with Gasteiger partial charge in [0.25, 0.3) is 0 Å². The topological polar surface area (TPSA) is 52.1 Å². The van der Waals surface area contributed by atoms with Crippen LogP contribution < -0.4 is 0 Å². The molecule has 2 aromatic heterocycles. The van der Waals surface area contributed by atoms with E-state index >= 15 is 0 Å². The van der Waals surface area contributed by atoms with E-state index in [1.807, 2.05) is 20.8 Å². The number of nitrogens with zero attached hydrogens (tertiary/aromatic N) is 2. The lowest BCUT2D eigenvalue weighted by Crippen LogP contribution is -2.09. The Labute approximate surface area is 170 Å². The number of rotatable bonds is 6. The smallest absolute Gasteiger partial charge is 0.348 e. The molecule has 27 heavy (non-hydrogen) atoms. The maximum absolute atomic E-state index is 13.0. The van der Waals surface area contributed by atoms with Gasteiger partial charge >= 0.3 is 5.97 Å². The quantitative estimate of drug-likeness (QED) is 0.213. The fourth-order valence-electron chi connectivity index (χ4n) is 2.37. The second kappa shape index (κ2) is 8.54. The van der Waals surface area contributed by atoms with Gasteiger partial charge in [-0.1, -0.05) is 49.3 Å². The van der Waals surface area contributed by atoms with Crippen molar-refractivity contribution in [3.63, 3.8) is 0 Å². The first-order chi connectivity index (χ1) is 12.8. The number of fused-ring (bicyclic) bond motifs is 1. The highest BCUT2D eigenvalue weighted by Gasteiger charge is 2.21. The summed E-state index contributed by atoms with van der Waals surface area (Å²) in [5.74, 6) is 0.230. The summed E-state index contributed by atoms with van der Waals surface area (Å²) < 4.78 is 18.3. The number of benzene rings is 1. The second-order valence-corrected chi connectivity index (χ2v) is 8.74. The third kappa shape index (κ3) is 4.78. The summed E-state index contributed by atoms with van der Waals surface area (Å²) in [5.41, 5.74) is 1.70. The van der Waals surface area contributed by atoms with Crippen molar-refractivity contribution in [2.24, 2.45) is 5.92 Å². The Morgan fingerprint density at radius 1 is 1.30 bits per heavy atom. The number of hydrogen-bond acceptors (Lipinski definition) is 6. The molecule has 0 bridgehead atoms. The first-order valence-corrected chi connectivity index (χ1v) is 10.5. The van der Waals surface area contributed by atoms with E-state index in [2.05, 4.69) is 9.97 Å². The molecule has 0 aliphatic carbocycles. The number of esters is 1. The van der Waals surface area contributed by atoms with Crippen molar-refractivity contribution in [3.8, 4) is 0 Å². The molecule has 0 atom stereocenters. The monoisotopic (exact) mass is 424 g/mol. The van der Waals surface area contributed by atoms with Crippen molar-refractivity contribution in [1.29, 1.82) is 0 Å². The SMILES string of the molecule is Cc1c(C(=O)OCC(C)C)sc2nc(SCc3ccc(F)cc3)nc(Cl)c12. The number of thiophene rings is 1. The molecule has 0 spiro atoms. The van der Waals surface area contributed by atoms with Crippen LogP contribution in [-0.4, -0.2) is 22.5 Å². The Hall–Kier alpha value is -1.70. The maximum atomic E-state index is 13.0. The van der Waals surface area contributed by atoms with E-state index in [1.165, 1.54) is 35.2 Å². The molecular weight excluding hydrogens is 407 g/mol. The predicted octanol–water partition coefficient (Wildman–Crippen LogP) is 5.90. The van der Waals surface area contributed by atoms with E-state index in [-0.39, 0.29) is 17.7 Å². The molecule has 0 unspecified atom stereocenters. The van der Waals surface area contributed by atoms with Crippen LogP contribution in [0.3, 0.4) is 0 Å². The van der Waals surface area contributed by atoms with Gasteiger partial charge in [0.05, 0.1) is 12.0 Å². The highest BCUT2D eigenvalue weighted by Crippen LogP contribution is 2.36. The minimum Gasteiger partial charge on any atom is -0.461 e. The number of halogens is 2. The molecule has 3 rings (SSSR count). The summed E-state index contributed by atoms with van der Waals surface area (Å²) in [7, 11) is 0. The normalized spacial score (nSPS) is 11.3. The van der Waals surface area contributed by atoms with Crippen LogP contribution in [0, 0.1) is 18.7 Å². The van der Waals surface area contributed by atoms with E-state index in [4.69, 9.17) is 16.3 Å². The van der Waals surface area contributed by atoms with Gasteiger partial charge in [-0.25, -0.2) is 19.2 Å². The van der Waals surface area contributed by atoms with Gasteiger partial charge in [0.15, 0.2) is 5.16 Å². The zero-order valence-electron chi connectivity index (χ0n) is 15.1. The summed E-state index contributed by atoms with van der Waals surface area (Å²) in [4.78, 5) is 22.4. The first kappa shape index (κ1) is 20.0. The summed E-state index contributed by atoms with van der Waals surface area (Å²) in [5, 5.41) is 1.52. The molecule has 0 aliphatic heterocycles. The van der Waals surface area contributed by atoms with Gasteiger partial charge in [-0.2, -0.15) is 0 Å². The molecule has 1 aromatic carbocycles. The molecule has 0 N–H and O–H groups in total. The third-order valence-corrected chi connectivity index (χ3v) is 6.10. The van der Waals surface area contributed by atoms with Crippen LogP contribution in [0.1, 0.15) is 34.6 Å². The van der Waals surface area contributed by atoms with Crippen LogP contribution in [0.2, 0.25) is 5.15 Å². The van der Waals surface area contributed by atoms with Gasteiger partial charge in [-0.05, 0) is 36.1 Å². The van der Waals surface area contributed by atoms with Crippen LogP contribution in [-0.2, 0) is 10.5 Å². The van der Waals surface area contributed by atoms with E-state index in [0.717, 1.165) is 11.1 Å². The lowest BCUT2D eigenvalue weighted by Gasteiger charge is -2.06. The fourth-order valence-corrected chi connectivity index (χ4v) is 4.72. The first-order valence-electron chi connectivity index (χ1n) is 8.36. The highest BCUT2D eigenvalue weighted by atomic mass is 35.5. The number of aromatic nitrogens is 2. The van der Waals surface area contributed by atoms with Crippen molar-refractivity contribution < 1.29 is 13.9 Å². The molecule has 0 aliphatic rings. The summed E-state index contributed by atoms with van der Waals surface area (Å²) in [6.07, 6.45) is 0. The molecule has 142 valence electrons. The van der Waals surface area contributed by atoms with Crippen molar-refractivity contribution in [2.75, 3.05) is 6.61 Å². The molecule has 0 saturated heterocycles. The summed E-state index contributed by atoms with van der Waals surface area (Å²) in [6, 6.07) is 6.29. The minimum atomic E-state index is -0.360. The average molecular weight is 425 g/mol. The molecule has 0 radical (unpaired) electrons. The molecule has 0 saturated carbocycles. The number of hydrogen-bond donors (Lipinski definition) is 0. The Kier molecular flexibility index (Phi) is 6.34. The lowest BCUT2D eigenvalue weighted by atomic mass is 10.2. The van der Waals surface area contributed by atoms with E-state index < -0.39 is 0 Å². The van der Waals surface area contributed by atoms with Gasteiger partial charge in [-0.3, -0.25) is 0 Å². The van der Waals surface area contributed by atoms with Crippen LogP contribution in [0.25, 0.3) is 10.2 Å². The average Bonchev–Trinajstić information content (AvgIpc) is 2.96. The molecule has 4 nitrogen and oxygen atoms in total. The maximum Gasteiger partial charge on any atom is 0.348 e. The zero-order chi connectivity index (χ0) is 19.6. The number of carbonyl (C=O) groups is 1. The lowest BCUT2D eigenvalue weighted by molar-refractivity contribution is 0.0464. The van der Waals surface area contributed by atoms with Crippen LogP contribution >= 0.6 is 34.7 Å². The third-order valence-electron chi connectivity index (χ3n) is 3.74. The number of aryl methyl sites for hydroxylation is 1. The number of thioether (sulfide) groups is 1. The van der Waals surface area contributed by atoms with Gasteiger partial charge in [-0.15, -0.1) is 11.3 Å². The van der Waals surface area contributed by atoms with Crippen molar-refractivity contribution in [3.05, 3.63) is 51.2 Å². The Morgan fingerprint density at radius 2 is 2.00 bits per heavy atom. The standard InChI is InChI=1S/C19H18ClFN2O2S2/c1-10(2)8-25-18(24)15-11(3)14-16(20)22-19(23-17(14)27-15)26-9-12-4-6-13(21)7-5-12/h4-7,10H,8-9H2,1-3H3. The summed E-state index contributed by atoms with van der Waals surface area (Å²) >= 11 is 9.03. The molecule has 3 aromatic rings. The molecule has 2 heterocycles. The second-order valence-electron chi connectivity index (χ2n) is 6.44. The van der Waals surface area contributed by atoms with Gasteiger partial charge < -0.3 is 4.74 Å². The van der Waals surface area contributed by atoms with Gasteiger partial charge in [0.2, 0.25) is 0 Å². The van der Waals surface area contributed by atoms with Crippen molar-refractivity contribution in [2.45, 2.75) is 31.7 Å². The molecular formula is C19H18ClFN2O2S2. The number of carbonyl (C=O) groups excluding carboxylic acids is 1. The fraction of sp³-hybridized carbons (Fsp3) is 0.316. The molecule has 8 heteroatoms. The molecule has 0 amide bonds. The zero-order valence-corrected chi connectivity index (χ0v) is 17.5. The number of ether oxygens (including phenoxy) is 1. The van der Waals surface area contributed by atoms with E-state index in [0.29, 0.717) is 37.8 Å². The van der Waals surface area contributed by atoms with Crippen LogP contribution in [0.4, 0.5) is 4.39 Å². The van der Waals surface area contributed by atoms with E-state index in [9.17, 15) is 9.18 Å². The Bertz CT molecular complexity index is 974. The Morgan fingerprint density at radius 3 is 2.67 bits per heavy atom. The minimum absolute atomic E-state index is 0.265. The van der Waals surface area contributed by atoms with Crippen molar-refractivity contribution >= 4 is 50.9 Å². The molecule has 0 fully saturated rings. The predicted molar refractivity (Wildman–Crippen MR) is 108 cm³/mol.